The van der Waals surface area contributed by atoms with Crippen LogP contribution in [-0.2, 0) is 14.3 Å². The van der Waals surface area contributed by atoms with Crippen LogP contribution >= 0.6 is 11.6 Å². The van der Waals surface area contributed by atoms with Gasteiger partial charge in [0.1, 0.15) is 18.0 Å². The van der Waals surface area contributed by atoms with Gasteiger partial charge in [0, 0.05) is 5.02 Å². The summed E-state index contributed by atoms with van der Waals surface area (Å²) in [6, 6.07) is 5.22. The summed E-state index contributed by atoms with van der Waals surface area (Å²) in [7, 11) is 0. The Morgan fingerprint density at radius 3 is 2.69 bits per heavy atom. The predicted molar refractivity (Wildman–Crippen MR) is 98.6 cm³/mol. The lowest BCUT2D eigenvalue weighted by atomic mass is 10.1. The van der Waals surface area contributed by atoms with Crippen LogP contribution < -0.4 is 15.0 Å². The molecule has 2 rings (SSSR count). The van der Waals surface area contributed by atoms with Gasteiger partial charge in [-0.3, -0.25) is 4.79 Å². The summed E-state index contributed by atoms with van der Waals surface area (Å²) in [5.74, 6) is -0.454. The first-order valence-electron chi connectivity index (χ1n) is 8.38. The van der Waals surface area contributed by atoms with Crippen LogP contribution in [0.5, 0.6) is 5.75 Å². The van der Waals surface area contributed by atoms with Gasteiger partial charge in [0.05, 0.1) is 25.3 Å². The van der Waals surface area contributed by atoms with Crippen molar-refractivity contribution in [1.82, 2.24) is 5.32 Å². The molecule has 0 spiro atoms. The van der Waals surface area contributed by atoms with Gasteiger partial charge in [-0.05, 0) is 45.9 Å². The van der Waals surface area contributed by atoms with Crippen LogP contribution in [0.1, 0.15) is 27.7 Å². The molecular formula is C18H25ClN2O5. The Morgan fingerprint density at radius 2 is 2.04 bits per heavy atom. The van der Waals surface area contributed by atoms with Crippen LogP contribution in [0.3, 0.4) is 0 Å². The molecule has 7 nitrogen and oxygen atoms in total. The molecule has 0 saturated carbocycles. The van der Waals surface area contributed by atoms with Crippen LogP contribution in [0, 0.1) is 0 Å². The average molecular weight is 385 g/mol. The Labute approximate surface area is 158 Å². The van der Waals surface area contributed by atoms with Gasteiger partial charge in [-0.15, -0.1) is 0 Å². The number of amides is 1. The molecule has 1 aromatic rings. The standard InChI is InChI=1S/C18H25ClN2O5/c1-17(2,3)26-16(23)18(4,24)11-20-15(22)10-21-7-8-25-14-6-5-12(19)9-13(14)21/h5-6,9,24H,7-8,10-11H2,1-4H3,(H,20,22)/t18-/m1/s1. The molecule has 1 aliphatic rings. The summed E-state index contributed by atoms with van der Waals surface area (Å²) in [5.41, 5.74) is -1.80. The van der Waals surface area contributed by atoms with E-state index < -0.39 is 17.2 Å². The number of rotatable bonds is 5. The number of aliphatic hydroxyl groups is 1. The van der Waals surface area contributed by atoms with Gasteiger partial charge in [-0.1, -0.05) is 11.6 Å². The van der Waals surface area contributed by atoms with E-state index in [1.807, 2.05) is 4.90 Å². The minimum Gasteiger partial charge on any atom is -0.490 e. The Hall–Kier alpha value is -1.99. The number of nitrogens with one attached hydrogen (secondary N) is 1. The smallest absolute Gasteiger partial charge is 0.340 e. The maximum absolute atomic E-state index is 12.3. The zero-order chi connectivity index (χ0) is 19.5. The third-order valence-corrected chi connectivity index (χ3v) is 3.92. The third kappa shape index (κ3) is 5.51. The number of fused-ring (bicyclic) bond motifs is 1. The number of ether oxygens (including phenoxy) is 2. The zero-order valence-electron chi connectivity index (χ0n) is 15.5. The highest BCUT2D eigenvalue weighted by Gasteiger charge is 2.35. The monoisotopic (exact) mass is 384 g/mol. The molecule has 1 atom stereocenters. The highest BCUT2D eigenvalue weighted by molar-refractivity contribution is 6.31. The summed E-state index contributed by atoms with van der Waals surface area (Å²) >= 11 is 6.02. The number of anilines is 1. The van der Waals surface area contributed by atoms with Gasteiger partial charge < -0.3 is 24.8 Å². The second-order valence-corrected chi connectivity index (χ2v) is 7.87. The fourth-order valence-corrected chi connectivity index (χ4v) is 2.54. The quantitative estimate of drug-likeness (QED) is 0.752. The maximum Gasteiger partial charge on any atom is 0.340 e. The lowest BCUT2D eigenvalue weighted by molar-refractivity contribution is -0.174. The first-order chi connectivity index (χ1) is 12.0. The Morgan fingerprint density at radius 1 is 1.35 bits per heavy atom. The van der Waals surface area contributed by atoms with Crippen molar-refractivity contribution < 1.29 is 24.2 Å². The molecule has 0 aromatic heterocycles. The SMILES string of the molecule is CC(C)(C)OC(=O)[C@](C)(O)CNC(=O)CN1CCOc2ccc(Cl)cc21. The van der Waals surface area contributed by atoms with Crippen LogP contribution in [0.15, 0.2) is 18.2 Å². The van der Waals surface area contributed by atoms with Crippen LogP contribution in [0.4, 0.5) is 5.69 Å². The summed E-state index contributed by atoms with van der Waals surface area (Å²) in [6.07, 6.45) is 0. The summed E-state index contributed by atoms with van der Waals surface area (Å²) in [5, 5.41) is 13.4. The zero-order valence-corrected chi connectivity index (χ0v) is 16.2. The van der Waals surface area contributed by atoms with E-state index in [9.17, 15) is 14.7 Å². The van der Waals surface area contributed by atoms with Gasteiger partial charge in [-0.2, -0.15) is 0 Å². The molecule has 0 unspecified atom stereocenters. The van der Waals surface area contributed by atoms with E-state index in [1.54, 1.807) is 39.0 Å². The average Bonchev–Trinajstić information content (AvgIpc) is 2.52. The van der Waals surface area contributed by atoms with E-state index in [0.29, 0.717) is 23.9 Å². The molecule has 0 aliphatic carbocycles. The molecule has 0 radical (unpaired) electrons. The summed E-state index contributed by atoms with van der Waals surface area (Å²) in [6.45, 7) is 7.24. The molecule has 0 saturated heterocycles. The lowest BCUT2D eigenvalue weighted by Crippen LogP contribution is -2.51. The molecule has 8 heteroatoms. The Balaban J connectivity index is 1.94. The summed E-state index contributed by atoms with van der Waals surface area (Å²) < 4.78 is 10.7. The molecule has 0 bridgehead atoms. The minimum absolute atomic E-state index is 0.0566. The molecular weight excluding hydrogens is 360 g/mol. The molecule has 1 aliphatic heterocycles. The number of nitrogens with zero attached hydrogens (tertiary/aromatic N) is 1. The minimum atomic E-state index is -1.81. The van der Waals surface area contributed by atoms with Crippen molar-refractivity contribution in [3.05, 3.63) is 23.2 Å². The molecule has 144 valence electrons. The molecule has 1 heterocycles. The number of hydrogen-bond acceptors (Lipinski definition) is 6. The highest BCUT2D eigenvalue weighted by Crippen LogP contribution is 2.33. The topological polar surface area (TPSA) is 88.1 Å². The van der Waals surface area contributed by atoms with Crippen molar-refractivity contribution in [3.63, 3.8) is 0 Å². The third-order valence-electron chi connectivity index (χ3n) is 3.68. The van der Waals surface area contributed by atoms with Crippen LogP contribution in [0.2, 0.25) is 5.02 Å². The number of benzene rings is 1. The van der Waals surface area contributed by atoms with Gasteiger partial charge in [0.2, 0.25) is 5.91 Å². The van der Waals surface area contributed by atoms with Crippen LogP contribution in [0.25, 0.3) is 0 Å². The largest absolute Gasteiger partial charge is 0.490 e. The Kier molecular flexibility index (Phi) is 6.03. The molecule has 1 amide bonds. The van der Waals surface area contributed by atoms with E-state index in [0.717, 1.165) is 5.69 Å². The predicted octanol–water partition coefficient (Wildman–Crippen LogP) is 1.75. The number of carbonyl (C=O) groups is 2. The van der Waals surface area contributed by atoms with Gasteiger partial charge in [0.15, 0.2) is 5.60 Å². The second kappa shape index (κ2) is 7.72. The number of esters is 1. The molecule has 2 N–H and O–H groups in total. The van der Waals surface area contributed by atoms with Crippen molar-refractivity contribution in [1.29, 1.82) is 0 Å². The first-order valence-corrected chi connectivity index (χ1v) is 8.75. The van der Waals surface area contributed by atoms with Crippen molar-refractivity contribution in [2.24, 2.45) is 0 Å². The van der Waals surface area contributed by atoms with Crippen molar-refractivity contribution in [2.75, 3.05) is 31.1 Å². The Bertz CT molecular complexity index is 685. The van der Waals surface area contributed by atoms with E-state index >= 15 is 0 Å². The van der Waals surface area contributed by atoms with Crippen molar-refractivity contribution >= 4 is 29.2 Å². The number of halogens is 1. The lowest BCUT2D eigenvalue weighted by Gasteiger charge is -2.31. The van der Waals surface area contributed by atoms with E-state index in [1.165, 1.54) is 6.92 Å². The van der Waals surface area contributed by atoms with E-state index in [-0.39, 0.29) is 19.0 Å². The fourth-order valence-electron chi connectivity index (χ4n) is 2.37. The fraction of sp³-hybridized carbons (Fsp3) is 0.556. The van der Waals surface area contributed by atoms with Crippen molar-refractivity contribution in [3.8, 4) is 5.75 Å². The van der Waals surface area contributed by atoms with Gasteiger partial charge >= 0.3 is 5.97 Å². The van der Waals surface area contributed by atoms with E-state index in [2.05, 4.69) is 5.32 Å². The second-order valence-electron chi connectivity index (χ2n) is 7.43. The number of carbonyl (C=O) groups excluding carboxylic acids is 2. The molecule has 1 aromatic carbocycles. The van der Waals surface area contributed by atoms with Crippen LogP contribution in [-0.4, -0.2) is 54.4 Å². The van der Waals surface area contributed by atoms with Crippen molar-refractivity contribution in [2.45, 2.75) is 38.9 Å². The van der Waals surface area contributed by atoms with E-state index in [4.69, 9.17) is 21.1 Å². The first kappa shape index (κ1) is 20.3. The normalized spacial score (nSPS) is 16.2. The highest BCUT2D eigenvalue weighted by atomic mass is 35.5. The van der Waals surface area contributed by atoms with Gasteiger partial charge in [-0.25, -0.2) is 4.79 Å². The van der Waals surface area contributed by atoms with Gasteiger partial charge in [0.25, 0.3) is 0 Å². The number of hydrogen-bond donors (Lipinski definition) is 2. The molecule has 26 heavy (non-hydrogen) atoms. The summed E-state index contributed by atoms with van der Waals surface area (Å²) in [4.78, 5) is 26.1. The molecule has 0 fully saturated rings. The maximum atomic E-state index is 12.3.